The zero-order valence-electron chi connectivity index (χ0n) is 8.74. The zero-order valence-corrected chi connectivity index (χ0v) is 8.74. The van der Waals surface area contributed by atoms with Gasteiger partial charge in [0.05, 0.1) is 13.2 Å². The van der Waals surface area contributed by atoms with Crippen molar-refractivity contribution in [3.63, 3.8) is 0 Å². The van der Waals surface area contributed by atoms with Crippen LogP contribution in [0.4, 0.5) is 0 Å². The maximum atomic E-state index is 5.78. The molecule has 3 atom stereocenters. The summed E-state index contributed by atoms with van der Waals surface area (Å²) in [5.74, 6) is 1.79. The summed E-state index contributed by atoms with van der Waals surface area (Å²) in [5.41, 5.74) is 0. The summed E-state index contributed by atoms with van der Waals surface area (Å²) < 4.78 is 11.6. The van der Waals surface area contributed by atoms with Crippen LogP contribution in [-0.4, -0.2) is 19.0 Å². The lowest BCUT2D eigenvalue weighted by Gasteiger charge is -2.44. The highest BCUT2D eigenvalue weighted by atomic mass is 16.7. The van der Waals surface area contributed by atoms with E-state index in [1.165, 1.54) is 19.3 Å². The van der Waals surface area contributed by atoms with Crippen molar-refractivity contribution in [3.8, 4) is 0 Å². The second-order valence-electron chi connectivity index (χ2n) is 4.94. The van der Waals surface area contributed by atoms with Crippen LogP contribution >= 0.6 is 0 Å². The molecule has 0 unspecified atom stereocenters. The highest BCUT2D eigenvalue weighted by Crippen LogP contribution is 2.47. The van der Waals surface area contributed by atoms with Crippen LogP contribution in [0.25, 0.3) is 0 Å². The van der Waals surface area contributed by atoms with Crippen LogP contribution in [0.3, 0.4) is 0 Å². The minimum atomic E-state index is -0.284. The fourth-order valence-electron chi connectivity index (χ4n) is 3.28. The monoisotopic (exact) mass is 194 g/mol. The highest BCUT2D eigenvalue weighted by molar-refractivity contribution is 5.08. The maximum Gasteiger partial charge on any atom is 0.169 e. The Morgan fingerprint density at radius 2 is 1.93 bits per heavy atom. The first-order valence-corrected chi connectivity index (χ1v) is 5.74. The van der Waals surface area contributed by atoms with E-state index in [0.29, 0.717) is 11.8 Å². The second kappa shape index (κ2) is 3.07. The smallest absolute Gasteiger partial charge is 0.169 e. The van der Waals surface area contributed by atoms with Gasteiger partial charge in [-0.05, 0) is 38.0 Å². The molecule has 2 heteroatoms. The van der Waals surface area contributed by atoms with Gasteiger partial charge in [-0.3, -0.25) is 0 Å². The average Bonchev–Trinajstić information content (AvgIpc) is 2.68. The number of ether oxygens (including phenoxy) is 2. The Kier molecular flexibility index (Phi) is 1.96. The molecule has 78 valence electrons. The highest BCUT2D eigenvalue weighted by Gasteiger charge is 2.47. The third-order valence-corrected chi connectivity index (χ3v) is 4.11. The fourth-order valence-corrected chi connectivity index (χ4v) is 3.28. The molecular formula is C12H18O2. The van der Waals surface area contributed by atoms with E-state index in [1.807, 2.05) is 0 Å². The summed E-state index contributed by atoms with van der Waals surface area (Å²) in [7, 11) is 0. The largest absolute Gasteiger partial charge is 0.348 e. The van der Waals surface area contributed by atoms with Gasteiger partial charge in [-0.25, -0.2) is 0 Å². The van der Waals surface area contributed by atoms with Crippen molar-refractivity contribution in [2.45, 2.75) is 32.0 Å². The molecule has 1 aliphatic heterocycles. The van der Waals surface area contributed by atoms with Crippen molar-refractivity contribution < 1.29 is 9.47 Å². The third kappa shape index (κ3) is 1.24. The van der Waals surface area contributed by atoms with Crippen LogP contribution in [0.2, 0.25) is 0 Å². The van der Waals surface area contributed by atoms with Gasteiger partial charge in [0.25, 0.3) is 0 Å². The lowest BCUT2D eigenvalue weighted by atomic mass is 9.66. The Bertz CT molecular complexity index is 253. The Hall–Kier alpha value is -0.340. The van der Waals surface area contributed by atoms with Gasteiger partial charge in [0.15, 0.2) is 5.79 Å². The lowest BCUT2D eigenvalue weighted by Crippen LogP contribution is -2.44. The summed E-state index contributed by atoms with van der Waals surface area (Å²) in [5, 5.41) is 0. The molecule has 1 heterocycles. The lowest BCUT2D eigenvalue weighted by molar-refractivity contribution is -0.200. The standard InChI is InChI=1S/C12H18O2/c1-12(13-6-7-14-12)11-8-9-2-4-10(11)5-3-9/h2,4,9-11H,3,5-8H2,1H3/t9-,10+,11-/m1/s1. The SMILES string of the molecule is CC1([C@@H]2C[C@@H]3C=C[C@H]2CC3)OCCO1. The minimum Gasteiger partial charge on any atom is -0.348 e. The van der Waals surface area contributed by atoms with E-state index in [0.717, 1.165) is 19.1 Å². The molecule has 0 aromatic carbocycles. The first-order chi connectivity index (χ1) is 6.78. The number of rotatable bonds is 1. The van der Waals surface area contributed by atoms with Crippen LogP contribution in [-0.2, 0) is 9.47 Å². The molecule has 2 fully saturated rings. The average molecular weight is 194 g/mol. The van der Waals surface area contributed by atoms with E-state index >= 15 is 0 Å². The van der Waals surface area contributed by atoms with Gasteiger partial charge in [0.1, 0.15) is 0 Å². The molecular weight excluding hydrogens is 176 g/mol. The Labute approximate surface area is 85.3 Å². The number of hydrogen-bond donors (Lipinski definition) is 0. The molecule has 0 aromatic rings. The molecule has 3 aliphatic carbocycles. The fraction of sp³-hybridized carbons (Fsp3) is 0.833. The van der Waals surface area contributed by atoms with Crippen molar-refractivity contribution in [2.24, 2.45) is 17.8 Å². The van der Waals surface area contributed by atoms with Gasteiger partial charge < -0.3 is 9.47 Å². The van der Waals surface area contributed by atoms with Crippen LogP contribution in [0.1, 0.15) is 26.2 Å². The normalized spacial score (nSPS) is 44.5. The van der Waals surface area contributed by atoms with Crippen molar-refractivity contribution in [1.82, 2.24) is 0 Å². The van der Waals surface area contributed by atoms with E-state index in [9.17, 15) is 0 Å². The van der Waals surface area contributed by atoms with E-state index in [-0.39, 0.29) is 5.79 Å². The maximum absolute atomic E-state index is 5.78. The first-order valence-electron chi connectivity index (χ1n) is 5.74. The Morgan fingerprint density at radius 3 is 2.43 bits per heavy atom. The van der Waals surface area contributed by atoms with Crippen LogP contribution < -0.4 is 0 Å². The van der Waals surface area contributed by atoms with Crippen molar-refractivity contribution in [3.05, 3.63) is 12.2 Å². The molecule has 1 saturated carbocycles. The van der Waals surface area contributed by atoms with Gasteiger partial charge >= 0.3 is 0 Å². The van der Waals surface area contributed by atoms with Gasteiger partial charge in [-0.1, -0.05) is 12.2 Å². The van der Waals surface area contributed by atoms with E-state index < -0.39 is 0 Å². The molecule has 14 heavy (non-hydrogen) atoms. The molecule has 0 aromatic heterocycles. The molecule has 2 bridgehead atoms. The predicted octanol–water partition coefficient (Wildman–Crippen LogP) is 2.35. The molecule has 0 radical (unpaired) electrons. The zero-order chi connectivity index (χ0) is 9.60. The van der Waals surface area contributed by atoms with Crippen LogP contribution in [0, 0.1) is 17.8 Å². The van der Waals surface area contributed by atoms with Crippen LogP contribution in [0.15, 0.2) is 12.2 Å². The van der Waals surface area contributed by atoms with Gasteiger partial charge in [-0.15, -0.1) is 0 Å². The Morgan fingerprint density at radius 1 is 1.14 bits per heavy atom. The summed E-state index contributed by atoms with van der Waals surface area (Å²) in [6, 6.07) is 0. The van der Waals surface area contributed by atoms with Crippen molar-refractivity contribution in [2.75, 3.05) is 13.2 Å². The molecule has 4 aliphatic rings. The number of fused-ring (bicyclic) bond motifs is 2. The van der Waals surface area contributed by atoms with E-state index in [2.05, 4.69) is 19.1 Å². The molecule has 0 spiro atoms. The quantitative estimate of drug-likeness (QED) is 0.596. The van der Waals surface area contributed by atoms with Gasteiger partial charge in [-0.2, -0.15) is 0 Å². The summed E-state index contributed by atoms with van der Waals surface area (Å²) >= 11 is 0. The first kappa shape index (κ1) is 8.93. The molecule has 4 rings (SSSR count). The van der Waals surface area contributed by atoms with E-state index in [4.69, 9.17) is 9.47 Å². The van der Waals surface area contributed by atoms with Crippen LogP contribution in [0.5, 0.6) is 0 Å². The molecule has 1 saturated heterocycles. The second-order valence-corrected chi connectivity index (χ2v) is 4.94. The Balaban J connectivity index is 1.82. The molecule has 0 N–H and O–H groups in total. The number of allylic oxidation sites excluding steroid dienone is 2. The minimum absolute atomic E-state index is 0.284. The third-order valence-electron chi connectivity index (χ3n) is 4.11. The summed E-state index contributed by atoms with van der Waals surface area (Å²) in [6.07, 6.45) is 8.74. The van der Waals surface area contributed by atoms with Gasteiger partial charge in [0, 0.05) is 5.92 Å². The van der Waals surface area contributed by atoms with Gasteiger partial charge in [0.2, 0.25) is 0 Å². The predicted molar refractivity (Wildman–Crippen MR) is 53.8 cm³/mol. The summed E-state index contributed by atoms with van der Waals surface area (Å²) in [4.78, 5) is 0. The topological polar surface area (TPSA) is 18.5 Å². The molecule has 2 nitrogen and oxygen atoms in total. The van der Waals surface area contributed by atoms with Crippen molar-refractivity contribution >= 4 is 0 Å². The number of hydrogen-bond acceptors (Lipinski definition) is 2. The summed E-state index contributed by atoms with van der Waals surface area (Å²) in [6.45, 7) is 3.67. The van der Waals surface area contributed by atoms with E-state index in [1.54, 1.807) is 0 Å². The van der Waals surface area contributed by atoms with Crippen molar-refractivity contribution in [1.29, 1.82) is 0 Å². The molecule has 0 amide bonds.